The highest BCUT2D eigenvalue weighted by molar-refractivity contribution is 5.85. The van der Waals surface area contributed by atoms with Crippen LogP contribution in [-0.2, 0) is 11.2 Å². The van der Waals surface area contributed by atoms with E-state index in [0.29, 0.717) is 31.2 Å². The molecule has 0 aliphatic carbocycles. The number of hydrogen-bond acceptors (Lipinski definition) is 3. The Kier molecular flexibility index (Phi) is 7.02. The molecule has 2 unspecified atom stereocenters. The molecule has 1 aromatic carbocycles. The second kappa shape index (κ2) is 8.79. The number of benzene rings is 1. The Morgan fingerprint density at radius 3 is 2.50 bits per heavy atom. The molecule has 6 heteroatoms. The van der Waals surface area contributed by atoms with Crippen molar-refractivity contribution in [1.29, 1.82) is 0 Å². The zero-order chi connectivity index (χ0) is 16.2. The van der Waals surface area contributed by atoms with Gasteiger partial charge in [-0.1, -0.05) is 12.1 Å². The van der Waals surface area contributed by atoms with Gasteiger partial charge in [0.15, 0.2) is 0 Å². The van der Waals surface area contributed by atoms with E-state index in [9.17, 15) is 9.18 Å². The highest BCUT2D eigenvalue weighted by Crippen LogP contribution is 2.29. The van der Waals surface area contributed by atoms with Crippen LogP contribution in [0.5, 0.6) is 0 Å². The first-order chi connectivity index (χ1) is 11.1. The van der Waals surface area contributed by atoms with E-state index >= 15 is 0 Å². The minimum atomic E-state index is -0.227. The van der Waals surface area contributed by atoms with Crippen molar-refractivity contribution in [2.75, 3.05) is 20.1 Å². The summed E-state index contributed by atoms with van der Waals surface area (Å²) in [5.74, 6) is -0.157. The molecule has 2 N–H and O–H groups in total. The number of fused-ring (bicyclic) bond motifs is 2. The highest BCUT2D eigenvalue weighted by Gasteiger charge is 2.35. The predicted molar refractivity (Wildman–Crippen MR) is 96.0 cm³/mol. The highest BCUT2D eigenvalue weighted by atomic mass is 35.5. The van der Waals surface area contributed by atoms with Gasteiger partial charge in [-0.05, 0) is 56.8 Å². The molecule has 1 aromatic rings. The summed E-state index contributed by atoms with van der Waals surface area (Å²) in [6, 6.07) is 8.23. The molecule has 4 nitrogen and oxygen atoms in total. The maximum atomic E-state index is 12.8. The Bertz CT molecular complexity index is 528. The fourth-order valence-electron chi connectivity index (χ4n) is 3.80. The zero-order valence-corrected chi connectivity index (χ0v) is 14.9. The molecule has 0 radical (unpaired) electrons. The van der Waals surface area contributed by atoms with Crippen LogP contribution >= 0.6 is 12.4 Å². The number of likely N-dealkylation sites (N-methyl/N-ethyl adjacent to an activating group) is 1. The molecule has 24 heavy (non-hydrogen) atoms. The third kappa shape index (κ3) is 5.16. The summed E-state index contributed by atoms with van der Waals surface area (Å²) in [6.45, 7) is 1.04. The molecule has 0 spiro atoms. The molecule has 3 rings (SSSR count). The molecule has 1 amide bonds. The van der Waals surface area contributed by atoms with Gasteiger partial charge in [-0.25, -0.2) is 4.39 Å². The van der Waals surface area contributed by atoms with Gasteiger partial charge in [0.2, 0.25) is 5.91 Å². The lowest BCUT2D eigenvalue weighted by molar-refractivity contribution is -0.122. The quantitative estimate of drug-likeness (QED) is 0.821. The molecular formula is C18H27ClFN3O. The number of amides is 1. The molecule has 2 bridgehead atoms. The van der Waals surface area contributed by atoms with Crippen molar-refractivity contribution in [3.63, 3.8) is 0 Å². The molecule has 2 fully saturated rings. The smallest absolute Gasteiger partial charge is 0.234 e. The summed E-state index contributed by atoms with van der Waals surface area (Å²) in [4.78, 5) is 14.3. The van der Waals surface area contributed by atoms with E-state index in [-0.39, 0.29) is 24.1 Å². The average Bonchev–Trinajstić information content (AvgIpc) is 2.87. The van der Waals surface area contributed by atoms with Gasteiger partial charge in [0.25, 0.3) is 0 Å². The van der Waals surface area contributed by atoms with Crippen molar-refractivity contribution in [3.05, 3.63) is 35.6 Å². The van der Waals surface area contributed by atoms with E-state index < -0.39 is 0 Å². The van der Waals surface area contributed by atoms with E-state index in [1.54, 1.807) is 12.1 Å². The van der Waals surface area contributed by atoms with Crippen molar-refractivity contribution >= 4 is 18.3 Å². The van der Waals surface area contributed by atoms with E-state index in [0.717, 1.165) is 24.8 Å². The summed E-state index contributed by atoms with van der Waals surface area (Å²) in [6.07, 6.45) is 5.58. The Morgan fingerprint density at radius 1 is 1.25 bits per heavy atom. The first kappa shape index (κ1) is 19.2. The summed E-state index contributed by atoms with van der Waals surface area (Å²) in [5, 5.41) is 6.59. The number of nitrogens with one attached hydrogen (secondary N) is 2. The number of carbonyl (C=O) groups excluding carboxylic acids is 1. The van der Waals surface area contributed by atoms with Gasteiger partial charge in [-0.3, -0.25) is 9.69 Å². The molecule has 2 aliphatic rings. The van der Waals surface area contributed by atoms with Crippen LogP contribution in [0, 0.1) is 5.82 Å². The third-order valence-electron chi connectivity index (χ3n) is 5.11. The molecule has 0 aromatic heterocycles. The van der Waals surface area contributed by atoms with Crippen molar-refractivity contribution in [1.82, 2.24) is 15.5 Å². The van der Waals surface area contributed by atoms with E-state index in [2.05, 4.69) is 22.6 Å². The van der Waals surface area contributed by atoms with Crippen LogP contribution < -0.4 is 10.6 Å². The molecule has 2 saturated heterocycles. The monoisotopic (exact) mass is 355 g/mol. The fourth-order valence-corrected chi connectivity index (χ4v) is 3.80. The molecule has 2 heterocycles. The molecular weight excluding hydrogens is 329 g/mol. The number of hydrogen-bond donors (Lipinski definition) is 2. The number of piperidine rings is 1. The van der Waals surface area contributed by atoms with Gasteiger partial charge >= 0.3 is 0 Å². The lowest BCUT2D eigenvalue weighted by Crippen LogP contribution is -2.49. The van der Waals surface area contributed by atoms with E-state index in [1.165, 1.54) is 25.0 Å². The lowest BCUT2D eigenvalue weighted by Gasteiger charge is -2.35. The Hall–Kier alpha value is -1.17. The van der Waals surface area contributed by atoms with Crippen molar-refractivity contribution in [3.8, 4) is 0 Å². The number of rotatable bonds is 6. The second-order valence-electron chi connectivity index (χ2n) is 6.90. The largest absolute Gasteiger partial charge is 0.355 e. The Balaban J connectivity index is 0.00000208. The molecule has 134 valence electrons. The SMILES string of the molecule is CN(CC(=O)NCCc1ccc(F)cc1)C1CC2CCC(C1)N2.Cl. The first-order valence-corrected chi connectivity index (χ1v) is 8.57. The van der Waals surface area contributed by atoms with Gasteiger partial charge in [0, 0.05) is 24.7 Å². The summed E-state index contributed by atoms with van der Waals surface area (Å²) >= 11 is 0. The van der Waals surface area contributed by atoms with Gasteiger partial charge in [-0.15, -0.1) is 12.4 Å². The summed E-state index contributed by atoms with van der Waals surface area (Å²) in [5.41, 5.74) is 1.04. The van der Waals surface area contributed by atoms with Gasteiger partial charge in [0.05, 0.1) is 6.54 Å². The normalized spacial score (nSPS) is 25.4. The standard InChI is InChI=1S/C18H26FN3O.ClH/c1-22(17-10-15-6-7-16(11-17)21-15)12-18(23)20-9-8-13-2-4-14(19)5-3-13;/h2-5,15-17,21H,6-12H2,1H3,(H,20,23);1H. The van der Waals surface area contributed by atoms with Crippen LogP contribution in [0.4, 0.5) is 4.39 Å². The van der Waals surface area contributed by atoms with Crippen LogP contribution in [0.25, 0.3) is 0 Å². The zero-order valence-electron chi connectivity index (χ0n) is 14.1. The molecule has 2 atom stereocenters. The maximum Gasteiger partial charge on any atom is 0.234 e. The second-order valence-corrected chi connectivity index (χ2v) is 6.90. The number of nitrogens with zero attached hydrogens (tertiary/aromatic N) is 1. The third-order valence-corrected chi connectivity index (χ3v) is 5.11. The van der Waals surface area contributed by atoms with Gasteiger partial charge < -0.3 is 10.6 Å². The van der Waals surface area contributed by atoms with E-state index in [1.807, 2.05) is 0 Å². The van der Waals surface area contributed by atoms with Crippen LogP contribution in [0.2, 0.25) is 0 Å². The molecule has 2 aliphatic heterocycles. The van der Waals surface area contributed by atoms with Gasteiger partial charge in [-0.2, -0.15) is 0 Å². The van der Waals surface area contributed by atoms with Gasteiger partial charge in [0.1, 0.15) is 5.82 Å². The van der Waals surface area contributed by atoms with Crippen molar-refractivity contribution < 1.29 is 9.18 Å². The summed E-state index contributed by atoms with van der Waals surface area (Å²) in [7, 11) is 2.05. The van der Waals surface area contributed by atoms with Crippen LogP contribution in [0.15, 0.2) is 24.3 Å². The minimum Gasteiger partial charge on any atom is -0.355 e. The van der Waals surface area contributed by atoms with E-state index in [4.69, 9.17) is 0 Å². The first-order valence-electron chi connectivity index (χ1n) is 8.57. The Morgan fingerprint density at radius 2 is 1.88 bits per heavy atom. The lowest BCUT2D eigenvalue weighted by atomic mass is 9.98. The fraction of sp³-hybridized carbons (Fsp3) is 0.611. The number of halogens is 2. The number of carbonyl (C=O) groups is 1. The van der Waals surface area contributed by atoms with Crippen molar-refractivity contribution in [2.45, 2.75) is 50.2 Å². The minimum absolute atomic E-state index is 0. The van der Waals surface area contributed by atoms with Crippen LogP contribution in [0.3, 0.4) is 0 Å². The summed E-state index contributed by atoms with van der Waals surface area (Å²) < 4.78 is 12.8. The molecule has 0 saturated carbocycles. The topological polar surface area (TPSA) is 44.4 Å². The average molecular weight is 356 g/mol. The van der Waals surface area contributed by atoms with Crippen LogP contribution in [-0.4, -0.2) is 49.1 Å². The Labute approximate surface area is 149 Å². The van der Waals surface area contributed by atoms with Crippen molar-refractivity contribution in [2.24, 2.45) is 0 Å². The van der Waals surface area contributed by atoms with Crippen LogP contribution in [0.1, 0.15) is 31.2 Å². The maximum absolute atomic E-state index is 12.8. The predicted octanol–water partition coefficient (Wildman–Crippen LogP) is 2.12.